The Morgan fingerprint density at radius 2 is 2.38 bits per heavy atom. The first kappa shape index (κ1) is 12.6. The number of amides is 2. The maximum atomic E-state index is 11.6. The molecule has 1 atom stereocenters. The third-order valence-electron chi connectivity index (χ3n) is 2.30. The van der Waals surface area contributed by atoms with Crippen LogP contribution in [0, 0.1) is 0 Å². The van der Waals surface area contributed by atoms with E-state index < -0.39 is 0 Å². The van der Waals surface area contributed by atoms with Crippen molar-refractivity contribution in [3.8, 4) is 0 Å². The number of carbonyl (C=O) groups excluding carboxylic acids is 2. The monoisotopic (exact) mass is 227 g/mol. The summed E-state index contributed by atoms with van der Waals surface area (Å²) in [4.78, 5) is 22.5. The van der Waals surface area contributed by atoms with E-state index in [2.05, 4.69) is 15.8 Å². The molecule has 1 aliphatic rings. The number of rotatable bonds is 5. The van der Waals surface area contributed by atoms with Crippen molar-refractivity contribution in [2.75, 3.05) is 13.7 Å². The van der Waals surface area contributed by atoms with E-state index >= 15 is 0 Å². The summed E-state index contributed by atoms with van der Waals surface area (Å²) in [6.45, 7) is 2.50. The van der Waals surface area contributed by atoms with Crippen molar-refractivity contribution in [1.82, 2.24) is 10.7 Å². The molecule has 0 spiro atoms. The number of nitrogens with zero attached hydrogens (tertiary/aromatic N) is 1. The number of hydrogen-bond donors (Lipinski definition) is 2. The minimum Gasteiger partial charge on any atom is -0.385 e. The Kier molecular flexibility index (Phi) is 4.91. The Balaban J connectivity index is 2.37. The molecule has 6 heteroatoms. The lowest BCUT2D eigenvalue weighted by atomic mass is 10.1. The van der Waals surface area contributed by atoms with Crippen molar-refractivity contribution in [3.63, 3.8) is 0 Å². The molecule has 0 saturated carbocycles. The smallest absolute Gasteiger partial charge is 0.267 e. The zero-order chi connectivity index (χ0) is 12.0. The van der Waals surface area contributed by atoms with Crippen LogP contribution in [-0.2, 0) is 14.3 Å². The highest BCUT2D eigenvalue weighted by molar-refractivity contribution is 6.39. The van der Waals surface area contributed by atoms with Crippen LogP contribution in [-0.4, -0.2) is 37.3 Å². The molecule has 0 radical (unpaired) electrons. The van der Waals surface area contributed by atoms with E-state index in [1.54, 1.807) is 7.11 Å². The zero-order valence-electron chi connectivity index (χ0n) is 9.58. The summed E-state index contributed by atoms with van der Waals surface area (Å²) in [6.07, 6.45) is 1.47. The predicted molar refractivity (Wildman–Crippen MR) is 58.9 cm³/mol. The number of nitrogens with one attached hydrogen (secondary N) is 2. The third-order valence-corrected chi connectivity index (χ3v) is 2.30. The molecule has 0 fully saturated rings. The van der Waals surface area contributed by atoms with Crippen molar-refractivity contribution in [3.05, 3.63) is 0 Å². The second kappa shape index (κ2) is 6.22. The summed E-state index contributed by atoms with van der Waals surface area (Å²) in [5, 5.41) is 6.52. The Morgan fingerprint density at radius 3 is 2.94 bits per heavy atom. The maximum Gasteiger partial charge on any atom is 0.267 e. The Hall–Kier alpha value is -1.43. The van der Waals surface area contributed by atoms with Gasteiger partial charge in [0.2, 0.25) is 5.91 Å². The van der Waals surface area contributed by atoms with Gasteiger partial charge in [0.15, 0.2) is 0 Å². The van der Waals surface area contributed by atoms with Gasteiger partial charge in [0.05, 0.1) is 0 Å². The molecule has 0 aromatic rings. The number of ether oxygens (including phenoxy) is 1. The lowest BCUT2D eigenvalue weighted by Crippen LogP contribution is -2.41. The van der Waals surface area contributed by atoms with Gasteiger partial charge in [-0.25, -0.2) is 5.43 Å². The minimum absolute atomic E-state index is 0.0350. The first-order valence-electron chi connectivity index (χ1n) is 5.28. The molecule has 16 heavy (non-hydrogen) atoms. The summed E-state index contributed by atoms with van der Waals surface area (Å²) >= 11 is 0. The van der Waals surface area contributed by atoms with E-state index in [1.807, 2.05) is 6.92 Å². The first-order valence-corrected chi connectivity index (χ1v) is 5.28. The Labute approximate surface area is 94.4 Å². The van der Waals surface area contributed by atoms with Crippen LogP contribution in [0.4, 0.5) is 0 Å². The SMILES string of the molecule is COCCC(C)NC(=O)C1=NNC(=O)CC1. The lowest BCUT2D eigenvalue weighted by Gasteiger charge is -2.16. The van der Waals surface area contributed by atoms with Gasteiger partial charge in [-0.3, -0.25) is 9.59 Å². The van der Waals surface area contributed by atoms with Crippen molar-refractivity contribution < 1.29 is 14.3 Å². The van der Waals surface area contributed by atoms with Crippen LogP contribution < -0.4 is 10.7 Å². The molecule has 6 nitrogen and oxygen atoms in total. The zero-order valence-corrected chi connectivity index (χ0v) is 9.58. The fourth-order valence-electron chi connectivity index (χ4n) is 1.31. The molecule has 1 aliphatic heterocycles. The summed E-state index contributed by atoms with van der Waals surface area (Å²) in [5.74, 6) is -0.368. The van der Waals surface area contributed by atoms with Crippen LogP contribution in [0.25, 0.3) is 0 Å². The largest absolute Gasteiger partial charge is 0.385 e. The second-order valence-corrected chi connectivity index (χ2v) is 3.75. The molecule has 0 aromatic heterocycles. The minimum atomic E-state index is -0.219. The molecule has 1 rings (SSSR count). The molecule has 90 valence electrons. The average Bonchev–Trinajstić information content (AvgIpc) is 2.27. The van der Waals surface area contributed by atoms with Gasteiger partial charge in [-0.15, -0.1) is 0 Å². The van der Waals surface area contributed by atoms with Gasteiger partial charge in [0, 0.05) is 32.6 Å². The van der Waals surface area contributed by atoms with Crippen LogP contribution in [0.3, 0.4) is 0 Å². The Bertz CT molecular complexity index is 302. The van der Waals surface area contributed by atoms with Crippen molar-refractivity contribution in [2.24, 2.45) is 5.10 Å². The lowest BCUT2D eigenvalue weighted by molar-refractivity contribution is -0.121. The molecular formula is C10H17N3O3. The quantitative estimate of drug-likeness (QED) is 0.682. The van der Waals surface area contributed by atoms with Crippen LogP contribution in [0.2, 0.25) is 0 Å². The van der Waals surface area contributed by atoms with E-state index in [4.69, 9.17) is 4.74 Å². The highest BCUT2D eigenvalue weighted by Crippen LogP contribution is 2.00. The van der Waals surface area contributed by atoms with E-state index in [-0.39, 0.29) is 17.9 Å². The van der Waals surface area contributed by atoms with Crippen molar-refractivity contribution in [2.45, 2.75) is 32.2 Å². The fourth-order valence-corrected chi connectivity index (χ4v) is 1.31. The molecule has 0 saturated heterocycles. The van der Waals surface area contributed by atoms with E-state index in [9.17, 15) is 9.59 Å². The van der Waals surface area contributed by atoms with E-state index in [0.29, 0.717) is 25.2 Å². The van der Waals surface area contributed by atoms with Gasteiger partial charge in [-0.05, 0) is 13.3 Å². The molecule has 0 aliphatic carbocycles. The summed E-state index contributed by atoms with van der Waals surface area (Å²) < 4.78 is 4.92. The van der Waals surface area contributed by atoms with Gasteiger partial charge >= 0.3 is 0 Å². The van der Waals surface area contributed by atoms with Crippen molar-refractivity contribution in [1.29, 1.82) is 0 Å². The van der Waals surface area contributed by atoms with E-state index in [0.717, 1.165) is 6.42 Å². The van der Waals surface area contributed by atoms with Gasteiger partial charge in [0.25, 0.3) is 5.91 Å². The highest BCUT2D eigenvalue weighted by Gasteiger charge is 2.19. The number of carbonyl (C=O) groups is 2. The van der Waals surface area contributed by atoms with Crippen LogP contribution >= 0.6 is 0 Å². The van der Waals surface area contributed by atoms with Crippen molar-refractivity contribution >= 4 is 17.5 Å². The van der Waals surface area contributed by atoms with Crippen LogP contribution in [0.15, 0.2) is 5.10 Å². The summed E-state index contributed by atoms with van der Waals surface area (Å²) in [6, 6.07) is 0.0350. The van der Waals surface area contributed by atoms with E-state index in [1.165, 1.54) is 0 Å². The summed E-state index contributed by atoms with van der Waals surface area (Å²) in [7, 11) is 1.62. The molecule has 0 bridgehead atoms. The van der Waals surface area contributed by atoms with Crippen LogP contribution in [0.5, 0.6) is 0 Å². The molecule has 2 N–H and O–H groups in total. The fraction of sp³-hybridized carbons (Fsp3) is 0.700. The molecule has 1 unspecified atom stereocenters. The van der Waals surface area contributed by atoms with Gasteiger partial charge < -0.3 is 10.1 Å². The molecule has 1 heterocycles. The maximum absolute atomic E-state index is 11.6. The standard InChI is InChI=1S/C10H17N3O3/c1-7(5-6-16-2)11-10(15)8-3-4-9(14)13-12-8/h7H,3-6H2,1-2H3,(H,11,15)(H,13,14). The number of hydrogen-bond acceptors (Lipinski definition) is 4. The van der Waals surface area contributed by atoms with Gasteiger partial charge in [0.1, 0.15) is 5.71 Å². The predicted octanol–water partition coefficient (Wildman–Crippen LogP) is -0.206. The van der Waals surface area contributed by atoms with Crippen LogP contribution in [0.1, 0.15) is 26.2 Å². The topological polar surface area (TPSA) is 79.8 Å². The molecule has 0 aromatic carbocycles. The summed E-state index contributed by atoms with van der Waals surface area (Å²) in [5.41, 5.74) is 2.67. The third kappa shape index (κ3) is 3.98. The average molecular weight is 227 g/mol. The number of hydrazone groups is 1. The molecule has 2 amide bonds. The first-order chi connectivity index (χ1) is 7.63. The highest BCUT2D eigenvalue weighted by atomic mass is 16.5. The van der Waals surface area contributed by atoms with Gasteiger partial charge in [-0.2, -0.15) is 5.10 Å². The molecular weight excluding hydrogens is 210 g/mol. The second-order valence-electron chi connectivity index (χ2n) is 3.75. The van der Waals surface area contributed by atoms with Gasteiger partial charge in [-0.1, -0.05) is 0 Å². The number of methoxy groups -OCH3 is 1. The normalized spacial score (nSPS) is 17.4. The Morgan fingerprint density at radius 1 is 1.62 bits per heavy atom.